The Kier molecular flexibility index (Phi) is 5.91. The summed E-state index contributed by atoms with van der Waals surface area (Å²) in [6, 6.07) is 19.3. The van der Waals surface area contributed by atoms with Crippen LogP contribution in [-0.4, -0.2) is 15.7 Å². The van der Waals surface area contributed by atoms with E-state index in [1.165, 1.54) is 0 Å². The first-order valence-electron chi connectivity index (χ1n) is 9.22. The summed E-state index contributed by atoms with van der Waals surface area (Å²) in [6.07, 6.45) is 0. The first-order valence-corrected chi connectivity index (χ1v) is 9.22. The van der Waals surface area contributed by atoms with Gasteiger partial charge < -0.3 is 10.1 Å². The second kappa shape index (κ2) is 8.54. The van der Waals surface area contributed by atoms with Crippen LogP contribution in [-0.2, 0) is 13.2 Å². The first-order chi connectivity index (χ1) is 13.1. The van der Waals surface area contributed by atoms with Crippen LogP contribution in [0.4, 0.5) is 5.69 Å². The minimum Gasteiger partial charge on any atom is -0.489 e. The molecule has 1 heterocycles. The van der Waals surface area contributed by atoms with Crippen molar-refractivity contribution in [2.24, 2.45) is 0 Å². The van der Waals surface area contributed by atoms with E-state index in [0.717, 1.165) is 22.7 Å². The number of anilines is 1. The Morgan fingerprint density at radius 2 is 1.81 bits per heavy atom. The summed E-state index contributed by atoms with van der Waals surface area (Å²) < 4.78 is 7.51. The van der Waals surface area contributed by atoms with E-state index in [-0.39, 0.29) is 11.8 Å². The lowest BCUT2D eigenvalue weighted by molar-refractivity contribution is 0.101. The van der Waals surface area contributed by atoms with Gasteiger partial charge in [-0.2, -0.15) is 5.10 Å². The van der Waals surface area contributed by atoms with Gasteiger partial charge in [-0.1, -0.05) is 44.2 Å². The molecule has 0 fully saturated rings. The number of carbonyl (C=O) groups excluding carboxylic acids is 1. The second-order valence-corrected chi connectivity index (χ2v) is 6.68. The van der Waals surface area contributed by atoms with Gasteiger partial charge in [0.25, 0.3) is 5.91 Å². The number of aryl methyl sites for hydroxylation is 1. The highest BCUT2D eigenvalue weighted by Crippen LogP contribution is 2.19. The predicted molar refractivity (Wildman–Crippen MR) is 107 cm³/mol. The zero-order valence-corrected chi connectivity index (χ0v) is 16.0. The molecule has 2 aromatic carbocycles. The molecule has 5 heteroatoms. The van der Waals surface area contributed by atoms with E-state index in [2.05, 4.69) is 24.3 Å². The van der Waals surface area contributed by atoms with Crippen molar-refractivity contribution in [3.63, 3.8) is 0 Å². The van der Waals surface area contributed by atoms with Crippen molar-refractivity contribution in [3.8, 4) is 5.75 Å². The van der Waals surface area contributed by atoms with Crippen LogP contribution < -0.4 is 10.1 Å². The number of benzene rings is 2. The molecule has 27 heavy (non-hydrogen) atoms. The summed E-state index contributed by atoms with van der Waals surface area (Å²) in [4.78, 5) is 12.6. The maximum Gasteiger partial charge on any atom is 0.273 e. The Morgan fingerprint density at radius 1 is 1.11 bits per heavy atom. The van der Waals surface area contributed by atoms with E-state index in [9.17, 15) is 4.79 Å². The van der Waals surface area contributed by atoms with Crippen LogP contribution in [0.2, 0.25) is 0 Å². The summed E-state index contributed by atoms with van der Waals surface area (Å²) in [5.41, 5.74) is 3.34. The summed E-state index contributed by atoms with van der Waals surface area (Å²) in [5, 5.41) is 7.42. The fraction of sp³-hybridized carbons (Fsp3) is 0.273. The lowest BCUT2D eigenvalue weighted by Crippen LogP contribution is -2.17. The van der Waals surface area contributed by atoms with E-state index in [1.807, 2.05) is 67.6 Å². The lowest BCUT2D eigenvalue weighted by atomic mass is 10.1. The highest BCUT2D eigenvalue weighted by atomic mass is 16.5. The minimum atomic E-state index is -0.158. The number of ether oxygens (including phenoxy) is 1. The zero-order chi connectivity index (χ0) is 19.2. The molecule has 0 aliphatic rings. The molecule has 1 N–H and O–H groups in total. The smallest absolute Gasteiger partial charge is 0.273 e. The normalized spacial score (nSPS) is 10.8. The number of nitrogens with zero attached hydrogens (tertiary/aromatic N) is 2. The van der Waals surface area contributed by atoms with Gasteiger partial charge in [-0.3, -0.25) is 9.48 Å². The monoisotopic (exact) mass is 363 g/mol. The average Bonchev–Trinajstić information content (AvgIpc) is 3.13. The molecular formula is C22H25N3O2. The van der Waals surface area contributed by atoms with Gasteiger partial charge in [0.2, 0.25) is 0 Å². The van der Waals surface area contributed by atoms with Gasteiger partial charge in [0.15, 0.2) is 0 Å². The molecule has 1 amide bonds. The van der Waals surface area contributed by atoms with Gasteiger partial charge >= 0.3 is 0 Å². The molecule has 0 unspecified atom stereocenters. The summed E-state index contributed by atoms with van der Waals surface area (Å²) in [5.74, 6) is 0.886. The lowest BCUT2D eigenvalue weighted by Gasteiger charge is -2.09. The van der Waals surface area contributed by atoms with E-state index in [1.54, 1.807) is 4.68 Å². The van der Waals surface area contributed by atoms with Crippen molar-refractivity contribution in [3.05, 3.63) is 77.6 Å². The first kappa shape index (κ1) is 18.7. The van der Waals surface area contributed by atoms with Gasteiger partial charge in [0.1, 0.15) is 18.1 Å². The second-order valence-electron chi connectivity index (χ2n) is 6.68. The van der Waals surface area contributed by atoms with E-state index >= 15 is 0 Å². The molecule has 3 rings (SSSR count). The molecule has 0 spiro atoms. The number of aromatic nitrogens is 2. The van der Waals surface area contributed by atoms with Gasteiger partial charge in [-0.25, -0.2) is 0 Å². The molecule has 1 aromatic heterocycles. The number of rotatable bonds is 7. The summed E-state index contributed by atoms with van der Waals surface area (Å²) in [6.45, 7) is 7.28. The predicted octanol–water partition coefficient (Wildman–Crippen LogP) is 4.86. The van der Waals surface area contributed by atoms with Gasteiger partial charge in [0.05, 0.1) is 5.69 Å². The zero-order valence-electron chi connectivity index (χ0n) is 16.0. The van der Waals surface area contributed by atoms with Crippen molar-refractivity contribution in [2.45, 2.75) is 39.8 Å². The van der Waals surface area contributed by atoms with Crippen LogP contribution in [0.1, 0.15) is 48.4 Å². The molecule has 0 bridgehead atoms. The fourth-order valence-electron chi connectivity index (χ4n) is 2.71. The van der Waals surface area contributed by atoms with Crippen LogP contribution >= 0.6 is 0 Å². The van der Waals surface area contributed by atoms with Crippen molar-refractivity contribution in [1.82, 2.24) is 9.78 Å². The highest BCUT2D eigenvalue weighted by molar-refractivity contribution is 6.03. The maximum atomic E-state index is 12.6. The third-order valence-electron chi connectivity index (χ3n) is 4.28. The third-order valence-corrected chi connectivity index (χ3v) is 4.28. The Balaban J connectivity index is 1.63. The summed E-state index contributed by atoms with van der Waals surface area (Å²) in [7, 11) is 0. The van der Waals surface area contributed by atoms with Crippen molar-refractivity contribution in [1.29, 1.82) is 0 Å². The quantitative estimate of drug-likeness (QED) is 0.652. The number of carbonyl (C=O) groups is 1. The third kappa shape index (κ3) is 4.76. The Labute approximate surface area is 160 Å². The summed E-state index contributed by atoms with van der Waals surface area (Å²) >= 11 is 0. The number of hydrogen-bond acceptors (Lipinski definition) is 3. The molecule has 3 aromatic rings. The van der Waals surface area contributed by atoms with E-state index < -0.39 is 0 Å². The SMILES string of the molecule is CCn1nc(C(C)C)cc1C(=O)Nc1ccc(OCc2ccccc2)cc1. The molecule has 5 nitrogen and oxygen atoms in total. The maximum absolute atomic E-state index is 12.6. The fourth-order valence-corrected chi connectivity index (χ4v) is 2.71. The Morgan fingerprint density at radius 3 is 2.44 bits per heavy atom. The van der Waals surface area contributed by atoms with Gasteiger partial charge in [-0.15, -0.1) is 0 Å². The van der Waals surface area contributed by atoms with Crippen LogP contribution in [0.3, 0.4) is 0 Å². The topological polar surface area (TPSA) is 56.2 Å². The minimum absolute atomic E-state index is 0.158. The molecular weight excluding hydrogens is 338 g/mol. The molecule has 0 aliphatic heterocycles. The van der Waals surface area contributed by atoms with E-state index in [4.69, 9.17) is 4.74 Å². The van der Waals surface area contributed by atoms with Crippen molar-refractivity contribution < 1.29 is 9.53 Å². The van der Waals surface area contributed by atoms with Crippen LogP contribution in [0, 0.1) is 0 Å². The highest BCUT2D eigenvalue weighted by Gasteiger charge is 2.16. The van der Waals surface area contributed by atoms with E-state index in [0.29, 0.717) is 18.8 Å². The molecule has 140 valence electrons. The van der Waals surface area contributed by atoms with Crippen LogP contribution in [0.15, 0.2) is 60.7 Å². The largest absolute Gasteiger partial charge is 0.489 e. The molecule has 0 aliphatic carbocycles. The standard InChI is InChI=1S/C22H25N3O2/c1-4-25-21(14-20(24-25)16(2)3)22(26)23-18-10-12-19(13-11-18)27-15-17-8-6-5-7-9-17/h5-14,16H,4,15H2,1-3H3,(H,23,26). The average molecular weight is 363 g/mol. The number of amides is 1. The number of nitrogens with one attached hydrogen (secondary N) is 1. The molecule has 0 saturated carbocycles. The Bertz CT molecular complexity index is 884. The van der Waals surface area contributed by atoms with Crippen LogP contribution in [0.25, 0.3) is 0 Å². The van der Waals surface area contributed by atoms with Gasteiger partial charge in [0, 0.05) is 12.2 Å². The molecule has 0 saturated heterocycles. The number of hydrogen-bond donors (Lipinski definition) is 1. The molecule has 0 atom stereocenters. The van der Waals surface area contributed by atoms with Crippen LogP contribution in [0.5, 0.6) is 5.75 Å². The van der Waals surface area contributed by atoms with Crippen molar-refractivity contribution >= 4 is 11.6 Å². The molecule has 0 radical (unpaired) electrons. The van der Waals surface area contributed by atoms with Gasteiger partial charge in [-0.05, 0) is 48.7 Å². The van der Waals surface area contributed by atoms with Crippen molar-refractivity contribution in [2.75, 3.05) is 5.32 Å². The Hall–Kier alpha value is -3.08.